The van der Waals surface area contributed by atoms with Gasteiger partial charge in [-0.3, -0.25) is 15.0 Å². The molecule has 124 valence electrons. The summed E-state index contributed by atoms with van der Waals surface area (Å²) in [6.07, 6.45) is 3.53. The minimum absolute atomic E-state index is 0.0526. The van der Waals surface area contributed by atoms with Crippen molar-refractivity contribution in [3.05, 3.63) is 59.7 Å². The van der Waals surface area contributed by atoms with Gasteiger partial charge in [0.2, 0.25) is 0 Å². The number of benzene rings is 1. The number of carbonyl (C=O) groups excluding carboxylic acids is 1. The number of amides is 1. The quantitative estimate of drug-likeness (QED) is 0.727. The van der Waals surface area contributed by atoms with Crippen LogP contribution in [0.15, 0.2) is 42.7 Å². The molecule has 0 unspecified atom stereocenters. The Morgan fingerprint density at radius 2 is 2.17 bits per heavy atom. The first-order valence-electron chi connectivity index (χ1n) is 7.54. The van der Waals surface area contributed by atoms with E-state index in [-0.39, 0.29) is 5.91 Å². The number of methoxy groups -OCH3 is 1. The van der Waals surface area contributed by atoms with Crippen LogP contribution in [0.4, 0.5) is 0 Å². The number of aromatic amines is 2. The van der Waals surface area contributed by atoms with Crippen molar-refractivity contribution < 1.29 is 9.53 Å². The summed E-state index contributed by atoms with van der Waals surface area (Å²) in [6, 6.07) is 9.40. The summed E-state index contributed by atoms with van der Waals surface area (Å²) in [7, 11) is 3.39. The summed E-state index contributed by atoms with van der Waals surface area (Å²) < 4.78 is 5.04. The van der Waals surface area contributed by atoms with Crippen LogP contribution in [0.25, 0.3) is 11.1 Å². The third kappa shape index (κ3) is 3.52. The van der Waals surface area contributed by atoms with Crippen LogP contribution in [-0.4, -0.2) is 45.4 Å². The van der Waals surface area contributed by atoms with Crippen LogP contribution in [0.2, 0.25) is 0 Å². The van der Waals surface area contributed by atoms with E-state index < -0.39 is 0 Å². The zero-order valence-electron chi connectivity index (χ0n) is 13.6. The molecule has 2 heterocycles. The molecule has 0 saturated heterocycles. The smallest absolute Gasteiger partial charge is 0.253 e. The first-order valence-corrected chi connectivity index (χ1v) is 7.54. The van der Waals surface area contributed by atoms with Crippen molar-refractivity contribution in [1.29, 1.82) is 0 Å². The van der Waals surface area contributed by atoms with E-state index >= 15 is 0 Å². The van der Waals surface area contributed by atoms with E-state index in [1.165, 1.54) is 0 Å². The van der Waals surface area contributed by atoms with Crippen molar-refractivity contribution in [3.8, 4) is 11.1 Å². The summed E-state index contributed by atoms with van der Waals surface area (Å²) in [4.78, 5) is 14.3. The molecule has 0 aliphatic carbocycles. The Hall–Kier alpha value is -2.93. The average molecular weight is 325 g/mol. The van der Waals surface area contributed by atoms with E-state index in [4.69, 9.17) is 4.74 Å². The summed E-state index contributed by atoms with van der Waals surface area (Å²) in [5.74, 6) is -0.0526. The Labute approximate surface area is 139 Å². The molecular weight excluding hydrogens is 306 g/mol. The fourth-order valence-electron chi connectivity index (χ4n) is 2.50. The number of H-pyrrole nitrogens is 2. The molecule has 0 saturated carbocycles. The predicted octanol–water partition coefficient (Wildman–Crippen LogP) is 2.22. The van der Waals surface area contributed by atoms with Crippen molar-refractivity contribution >= 4 is 5.91 Å². The molecule has 3 rings (SSSR count). The van der Waals surface area contributed by atoms with Crippen LogP contribution in [0.1, 0.15) is 21.7 Å². The molecule has 3 aromatic rings. The lowest BCUT2D eigenvalue weighted by atomic mass is 10.1. The molecule has 0 bridgehead atoms. The largest absolute Gasteiger partial charge is 0.378 e. The number of nitrogens with one attached hydrogen (secondary N) is 2. The molecule has 0 atom stereocenters. The predicted molar refractivity (Wildman–Crippen MR) is 89.1 cm³/mol. The molecule has 24 heavy (non-hydrogen) atoms. The first-order chi connectivity index (χ1) is 11.7. The molecular formula is C17H19N5O2. The first kappa shape index (κ1) is 15.9. The third-order valence-electron chi connectivity index (χ3n) is 3.67. The van der Waals surface area contributed by atoms with Crippen molar-refractivity contribution in [2.75, 3.05) is 14.2 Å². The number of hydrogen-bond acceptors (Lipinski definition) is 4. The van der Waals surface area contributed by atoms with E-state index in [1.807, 2.05) is 30.3 Å². The Balaban J connectivity index is 1.72. The number of aromatic nitrogens is 4. The van der Waals surface area contributed by atoms with Gasteiger partial charge in [0.05, 0.1) is 30.7 Å². The number of carbonyl (C=O) groups is 1. The molecule has 0 spiro atoms. The van der Waals surface area contributed by atoms with Gasteiger partial charge in [-0.2, -0.15) is 10.2 Å². The average Bonchev–Trinajstić information content (AvgIpc) is 3.27. The van der Waals surface area contributed by atoms with Crippen molar-refractivity contribution in [2.45, 2.75) is 13.2 Å². The standard InChI is InChI=1S/C17H19N5O2/c1-22(10-15-7-16(11-24-2)21-20-15)17(23)13-5-3-4-12(6-13)14-8-18-19-9-14/h3-9H,10-11H2,1-2H3,(H,18,19)(H,20,21). The van der Waals surface area contributed by atoms with Crippen LogP contribution in [0.3, 0.4) is 0 Å². The highest BCUT2D eigenvalue weighted by atomic mass is 16.5. The van der Waals surface area contributed by atoms with Crippen LogP contribution in [0.5, 0.6) is 0 Å². The number of hydrogen-bond donors (Lipinski definition) is 2. The fraction of sp³-hybridized carbons (Fsp3) is 0.235. The fourth-order valence-corrected chi connectivity index (χ4v) is 2.50. The van der Waals surface area contributed by atoms with Gasteiger partial charge in [0.15, 0.2) is 0 Å². The zero-order valence-corrected chi connectivity index (χ0v) is 13.6. The van der Waals surface area contributed by atoms with Crippen LogP contribution < -0.4 is 0 Å². The molecule has 0 aliphatic heterocycles. The number of rotatable bonds is 6. The van der Waals surface area contributed by atoms with Crippen LogP contribution in [0, 0.1) is 0 Å². The van der Waals surface area contributed by atoms with Gasteiger partial charge in [0, 0.05) is 31.5 Å². The highest BCUT2D eigenvalue weighted by Gasteiger charge is 2.14. The van der Waals surface area contributed by atoms with Gasteiger partial charge < -0.3 is 9.64 Å². The van der Waals surface area contributed by atoms with Crippen molar-refractivity contribution in [1.82, 2.24) is 25.3 Å². The molecule has 0 aliphatic rings. The summed E-state index contributed by atoms with van der Waals surface area (Å²) in [6.45, 7) is 0.895. The molecule has 7 nitrogen and oxygen atoms in total. The summed E-state index contributed by atoms with van der Waals surface area (Å²) in [5.41, 5.74) is 4.21. The van der Waals surface area contributed by atoms with Gasteiger partial charge >= 0.3 is 0 Å². The van der Waals surface area contributed by atoms with E-state index in [1.54, 1.807) is 31.5 Å². The lowest BCUT2D eigenvalue weighted by Crippen LogP contribution is -2.26. The summed E-state index contributed by atoms with van der Waals surface area (Å²) >= 11 is 0. The Morgan fingerprint density at radius 3 is 2.92 bits per heavy atom. The van der Waals surface area contributed by atoms with E-state index in [0.29, 0.717) is 18.7 Å². The van der Waals surface area contributed by atoms with Crippen LogP contribution >= 0.6 is 0 Å². The second-order valence-electron chi connectivity index (χ2n) is 5.55. The van der Waals surface area contributed by atoms with E-state index in [0.717, 1.165) is 22.5 Å². The Kier molecular flexibility index (Phi) is 4.72. The van der Waals surface area contributed by atoms with Crippen molar-refractivity contribution in [2.24, 2.45) is 0 Å². The zero-order chi connectivity index (χ0) is 16.9. The molecule has 0 radical (unpaired) electrons. The van der Waals surface area contributed by atoms with Gasteiger partial charge in [-0.15, -0.1) is 0 Å². The minimum Gasteiger partial charge on any atom is -0.378 e. The van der Waals surface area contributed by atoms with E-state index in [9.17, 15) is 4.79 Å². The second kappa shape index (κ2) is 7.10. The van der Waals surface area contributed by atoms with Gasteiger partial charge in [-0.25, -0.2) is 0 Å². The molecule has 1 aromatic carbocycles. The summed E-state index contributed by atoms with van der Waals surface area (Å²) in [5, 5.41) is 13.8. The molecule has 7 heteroatoms. The molecule has 2 aromatic heterocycles. The highest BCUT2D eigenvalue weighted by molar-refractivity contribution is 5.95. The molecule has 2 N–H and O–H groups in total. The van der Waals surface area contributed by atoms with Gasteiger partial charge in [0.25, 0.3) is 5.91 Å². The maximum atomic E-state index is 12.6. The molecule has 1 amide bonds. The monoisotopic (exact) mass is 325 g/mol. The second-order valence-corrected chi connectivity index (χ2v) is 5.55. The van der Waals surface area contributed by atoms with Crippen molar-refractivity contribution in [3.63, 3.8) is 0 Å². The minimum atomic E-state index is -0.0526. The lowest BCUT2D eigenvalue weighted by molar-refractivity contribution is 0.0783. The maximum Gasteiger partial charge on any atom is 0.253 e. The number of ether oxygens (including phenoxy) is 1. The number of nitrogens with zero attached hydrogens (tertiary/aromatic N) is 3. The van der Waals surface area contributed by atoms with Gasteiger partial charge in [-0.05, 0) is 23.8 Å². The van der Waals surface area contributed by atoms with Gasteiger partial charge in [0.1, 0.15) is 0 Å². The highest BCUT2D eigenvalue weighted by Crippen LogP contribution is 2.19. The van der Waals surface area contributed by atoms with E-state index in [2.05, 4.69) is 20.4 Å². The SMILES string of the molecule is COCc1cc(CN(C)C(=O)c2cccc(-c3cn[nH]c3)c2)[nH]n1. The maximum absolute atomic E-state index is 12.6. The van der Waals surface area contributed by atoms with Gasteiger partial charge in [-0.1, -0.05) is 12.1 Å². The lowest BCUT2D eigenvalue weighted by Gasteiger charge is -2.16. The Morgan fingerprint density at radius 1 is 1.29 bits per heavy atom. The molecule has 0 fully saturated rings. The third-order valence-corrected chi connectivity index (χ3v) is 3.67. The topological polar surface area (TPSA) is 86.9 Å². The Bertz CT molecular complexity index is 810. The normalized spacial score (nSPS) is 10.8. The van der Waals surface area contributed by atoms with Crippen LogP contribution in [-0.2, 0) is 17.9 Å².